The van der Waals surface area contributed by atoms with E-state index in [2.05, 4.69) is 21.9 Å². The molecule has 1 N–H and O–H groups in total. The molecule has 0 atom stereocenters. The SMILES string of the molecule is CCCc1cc(=O)[nH]c(SCc2cn3ccsc3n2)n1. The van der Waals surface area contributed by atoms with Gasteiger partial charge in [-0.1, -0.05) is 25.1 Å². The minimum absolute atomic E-state index is 0.0863. The standard InChI is InChI=1S/C13H14N4OS2/c1-2-3-9-6-11(18)16-12(14-9)20-8-10-7-17-4-5-19-13(17)15-10/h4-7H,2-3,8H2,1H3,(H,14,16,18). The number of aromatic amines is 1. The average molecular weight is 306 g/mol. The van der Waals surface area contributed by atoms with Gasteiger partial charge in [0, 0.05) is 35.3 Å². The highest BCUT2D eigenvalue weighted by Gasteiger charge is 2.06. The second-order valence-corrected chi connectivity index (χ2v) is 6.24. The van der Waals surface area contributed by atoms with E-state index in [1.165, 1.54) is 11.8 Å². The number of thioether (sulfide) groups is 1. The van der Waals surface area contributed by atoms with Gasteiger partial charge in [-0.05, 0) is 6.42 Å². The second-order valence-electron chi connectivity index (χ2n) is 4.41. The van der Waals surface area contributed by atoms with E-state index in [9.17, 15) is 4.79 Å². The Kier molecular flexibility index (Phi) is 3.88. The number of aromatic nitrogens is 4. The van der Waals surface area contributed by atoms with Crippen LogP contribution in [-0.4, -0.2) is 19.4 Å². The molecule has 104 valence electrons. The summed E-state index contributed by atoms with van der Waals surface area (Å²) in [5.41, 5.74) is 1.76. The molecule has 3 aromatic heterocycles. The Hall–Kier alpha value is -1.60. The molecule has 0 aliphatic carbocycles. The molecule has 0 spiro atoms. The third-order valence-corrected chi connectivity index (χ3v) is 4.46. The molecule has 0 bridgehead atoms. The third-order valence-electron chi connectivity index (χ3n) is 2.78. The lowest BCUT2D eigenvalue weighted by Gasteiger charge is -2.01. The lowest BCUT2D eigenvalue weighted by Crippen LogP contribution is -2.09. The number of nitrogens with zero attached hydrogens (tertiary/aromatic N) is 3. The Morgan fingerprint density at radius 3 is 3.10 bits per heavy atom. The molecule has 0 unspecified atom stereocenters. The molecule has 0 radical (unpaired) electrons. The van der Waals surface area contributed by atoms with Crippen LogP contribution in [0.3, 0.4) is 0 Å². The molecule has 0 saturated carbocycles. The van der Waals surface area contributed by atoms with Crippen molar-refractivity contribution in [1.82, 2.24) is 19.4 Å². The van der Waals surface area contributed by atoms with Crippen LogP contribution in [0, 0.1) is 0 Å². The molecule has 0 saturated heterocycles. The van der Waals surface area contributed by atoms with Crippen LogP contribution in [-0.2, 0) is 12.2 Å². The number of nitrogens with one attached hydrogen (secondary N) is 1. The topological polar surface area (TPSA) is 63.0 Å². The fourth-order valence-electron chi connectivity index (χ4n) is 1.92. The van der Waals surface area contributed by atoms with E-state index in [1.54, 1.807) is 17.4 Å². The van der Waals surface area contributed by atoms with E-state index in [-0.39, 0.29) is 5.56 Å². The van der Waals surface area contributed by atoms with Crippen LogP contribution in [0.25, 0.3) is 4.96 Å². The summed E-state index contributed by atoms with van der Waals surface area (Å²) in [5.74, 6) is 0.701. The molecule has 0 aliphatic heterocycles. The van der Waals surface area contributed by atoms with Gasteiger partial charge in [-0.25, -0.2) is 9.97 Å². The summed E-state index contributed by atoms with van der Waals surface area (Å²) in [5, 5.41) is 2.67. The molecule has 0 amide bonds. The third kappa shape index (κ3) is 2.94. The molecule has 0 fully saturated rings. The van der Waals surface area contributed by atoms with Gasteiger partial charge in [0.15, 0.2) is 10.1 Å². The molecule has 0 aromatic carbocycles. The number of hydrogen-bond donors (Lipinski definition) is 1. The summed E-state index contributed by atoms with van der Waals surface area (Å²) in [4.78, 5) is 24.3. The van der Waals surface area contributed by atoms with Crippen molar-refractivity contribution in [3.63, 3.8) is 0 Å². The van der Waals surface area contributed by atoms with E-state index >= 15 is 0 Å². The molecule has 3 heterocycles. The number of rotatable bonds is 5. The predicted octanol–water partition coefficient (Wildman–Crippen LogP) is 2.72. The fourth-order valence-corrected chi connectivity index (χ4v) is 3.42. The van der Waals surface area contributed by atoms with Crippen LogP contribution in [0.4, 0.5) is 0 Å². The van der Waals surface area contributed by atoms with E-state index in [0.29, 0.717) is 10.9 Å². The van der Waals surface area contributed by atoms with Crippen LogP contribution >= 0.6 is 23.1 Å². The molecule has 3 rings (SSSR count). The van der Waals surface area contributed by atoms with Crippen molar-refractivity contribution < 1.29 is 0 Å². The summed E-state index contributed by atoms with van der Waals surface area (Å²) in [6.07, 6.45) is 5.81. The van der Waals surface area contributed by atoms with E-state index in [4.69, 9.17) is 0 Å². The highest BCUT2D eigenvalue weighted by Crippen LogP contribution is 2.20. The number of imidazole rings is 1. The number of thiazole rings is 1. The van der Waals surface area contributed by atoms with Gasteiger partial charge in [0.2, 0.25) is 0 Å². The van der Waals surface area contributed by atoms with E-state index in [0.717, 1.165) is 29.2 Å². The molecule has 3 aromatic rings. The molecule has 7 heteroatoms. The van der Waals surface area contributed by atoms with Gasteiger partial charge >= 0.3 is 0 Å². The Morgan fingerprint density at radius 1 is 1.40 bits per heavy atom. The normalized spacial score (nSPS) is 11.2. The average Bonchev–Trinajstić information content (AvgIpc) is 2.96. The highest BCUT2D eigenvalue weighted by atomic mass is 32.2. The van der Waals surface area contributed by atoms with Gasteiger partial charge < -0.3 is 4.98 Å². The summed E-state index contributed by atoms with van der Waals surface area (Å²) in [6, 6.07) is 1.57. The van der Waals surface area contributed by atoms with Crippen molar-refractivity contribution in [3.05, 3.63) is 45.6 Å². The number of H-pyrrole nitrogens is 1. The van der Waals surface area contributed by atoms with Crippen molar-refractivity contribution in [2.24, 2.45) is 0 Å². The summed E-state index contributed by atoms with van der Waals surface area (Å²) in [6.45, 7) is 2.08. The van der Waals surface area contributed by atoms with Gasteiger partial charge in [-0.2, -0.15) is 0 Å². The summed E-state index contributed by atoms with van der Waals surface area (Å²) < 4.78 is 2.00. The van der Waals surface area contributed by atoms with Crippen molar-refractivity contribution in [3.8, 4) is 0 Å². The highest BCUT2D eigenvalue weighted by molar-refractivity contribution is 7.98. The van der Waals surface area contributed by atoms with Crippen LogP contribution in [0.15, 0.2) is 33.8 Å². The molecule has 20 heavy (non-hydrogen) atoms. The maximum atomic E-state index is 11.6. The molecular formula is C13H14N4OS2. The van der Waals surface area contributed by atoms with Gasteiger partial charge in [0.05, 0.1) is 5.69 Å². The number of hydrogen-bond acceptors (Lipinski definition) is 5. The minimum atomic E-state index is -0.0863. The van der Waals surface area contributed by atoms with E-state index in [1.807, 2.05) is 22.2 Å². The smallest absolute Gasteiger partial charge is 0.251 e. The van der Waals surface area contributed by atoms with Crippen molar-refractivity contribution in [1.29, 1.82) is 0 Å². The largest absolute Gasteiger partial charge is 0.301 e. The number of aryl methyl sites for hydroxylation is 1. The van der Waals surface area contributed by atoms with Crippen molar-refractivity contribution in [2.45, 2.75) is 30.7 Å². The van der Waals surface area contributed by atoms with Crippen molar-refractivity contribution >= 4 is 28.1 Å². The van der Waals surface area contributed by atoms with Gasteiger partial charge in [-0.15, -0.1) is 11.3 Å². The van der Waals surface area contributed by atoms with Crippen LogP contribution in [0.2, 0.25) is 0 Å². The van der Waals surface area contributed by atoms with Crippen LogP contribution in [0.5, 0.6) is 0 Å². The Bertz CT molecular complexity index is 745. The first-order valence-corrected chi connectivity index (χ1v) is 8.25. The molecular weight excluding hydrogens is 292 g/mol. The zero-order valence-corrected chi connectivity index (χ0v) is 12.6. The van der Waals surface area contributed by atoms with Gasteiger partial charge in [0.25, 0.3) is 5.56 Å². The zero-order valence-electron chi connectivity index (χ0n) is 11.0. The first kappa shape index (κ1) is 13.4. The summed E-state index contributed by atoms with van der Waals surface area (Å²) in [7, 11) is 0. The summed E-state index contributed by atoms with van der Waals surface area (Å²) >= 11 is 3.12. The Labute approximate surface area is 124 Å². The maximum Gasteiger partial charge on any atom is 0.251 e. The first-order valence-electron chi connectivity index (χ1n) is 6.38. The van der Waals surface area contributed by atoms with Crippen molar-refractivity contribution in [2.75, 3.05) is 0 Å². The lowest BCUT2D eigenvalue weighted by atomic mass is 10.2. The van der Waals surface area contributed by atoms with E-state index < -0.39 is 0 Å². The second kappa shape index (κ2) is 5.80. The van der Waals surface area contributed by atoms with Gasteiger partial charge in [-0.3, -0.25) is 9.20 Å². The lowest BCUT2D eigenvalue weighted by molar-refractivity contribution is 0.815. The number of fused-ring (bicyclic) bond motifs is 1. The van der Waals surface area contributed by atoms with Crippen LogP contribution < -0.4 is 5.56 Å². The Balaban J connectivity index is 1.74. The molecule has 5 nitrogen and oxygen atoms in total. The first-order chi connectivity index (χ1) is 9.74. The monoisotopic (exact) mass is 306 g/mol. The quantitative estimate of drug-likeness (QED) is 0.581. The predicted molar refractivity (Wildman–Crippen MR) is 81.5 cm³/mol. The zero-order chi connectivity index (χ0) is 13.9. The van der Waals surface area contributed by atoms with Crippen LogP contribution in [0.1, 0.15) is 24.7 Å². The molecule has 0 aliphatic rings. The fraction of sp³-hybridized carbons (Fsp3) is 0.308. The maximum absolute atomic E-state index is 11.6. The minimum Gasteiger partial charge on any atom is -0.301 e. The Morgan fingerprint density at radius 2 is 2.30 bits per heavy atom. The van der Waals surface area contributed by atoms with Gasteiger partial charge in [0.1, 0.15) is 0 Å².